The van der Waals surface area contributed by atoms with Crippen molar-refractivity contribution in [2.24, 2.45) is 5.92 Å². The Kier molecular flexibility index (Phi) is 3.19. The molecule has 1 N–H and O–H groups in total. The molecule has 1 aliphatic rings. The van der Waals surface area contributed by atoms with Gasteiger partial charge in [0.25, 0.3) is 0 Å². The minimum absolute atomic E-state index is 0.884. The highest BCUT2D eigenvalue weighted by atomic mass is 32.1. The fraction of sp³-hybridized carbons (Fsp3) is 0.727. The number of nitrogens with zero attached hydrogens (tertiary/aromatic N) is 1. The molecule has 1 aliphatic carbocycles. The zero-order valence-corrected chi connectivity index (χ0v) is 9.78. The standard InChI is InChI=1S/C11H18N2S/c1-8-13-10-4-3-9(5-6-12-2)7-11(10)14-8/h9,12H,3-7H2,1-2H3. The van der Waals surface area contributed by atoms with Crippen LogP contribution in [0, 0.1) is 12.8 Å². The second-order valence-corrected chi connectivity index (χ2v) is 5.39. The van der Waals surface area contributed by atoms with Gasteiger partial charge in [0.1, 0.15) is 0 Å². The summed E-state index contributed by atoms with van der Waals surface area (Å²) in [5, 5.41) is 4.47. The van der Waals surface area contributed by atoms with Crippen molar-refractivity contribution in [3.63, 3.8) is 0 Å². The minimum atomic E-state index is 0.884. The minimum Gasteiger partial charge on any atom is -0.320 e. The molecule has 0 radical (unpaired) electrons. The first kappa shape index (κ1) is 10.1. The Bertz CT molecular complexity index is 306. The highest BCUT2D eigenvalue weighted by molar-refractivity contribution is 7.11. The van der Waals surface area contributed by atoms with Gasteiger partial charge in [0.05, 0.1) is 10.7 Å². The molecule has 2 nitrogen and oxygen atoms in total. The number of hydrogen-bond donors (Lipinski definition) is 1. The molecular weight excluding hydrogens is 192 g/mol. The van der Waals surface area contributed by atoms with E-state index in [-0.39, 0.29) is 0 Å². The van der Waals surface area contributed by atoms with Gasteiger partial charge in [-0.3, -0.25) is 0 Å². The average molecular weight is 210 g/mol. The number of aromatic nitrogens is 1. The molecule has 1 unspecified atom stereocenters. The van der Waals surface area contributed by atoms with Gasteiger partial charge in [0, 0.05) is 4.88 Å². The lowest BCUT2D eigenvalue weighted by Crippen LogP contribution is -2.18. The molecular formula is C11H18N2S. The van der Waals surface area contributed by atoms with E-state index in [1.165, 1.54) is 36.4 Å². The van der Waals surface area contributed by atoms with Crippen LogP contribution in [-0.4, -0.2) is 18.6 Å². The van der Waals surface area contributed by atoms with Gasteiger partial charge in [-0.25, -0.2) is 4.98 Å². The van der Waals surface area contributed by atoms with Crippen molar-refractivity contribution >= 4 is 11.3 Å². The summed E-state index contributed by atoms with van der Waals surface area (Å²) in [6, 6.07) is 0. The predicted molar refractivity (Wildman–Crippen MR) is 60.9 cm³/mol. The third-order valence-electron chi connectivity index (χ3n) is 2.95. The summed E-state index contributed by atoms with van der Waals surface area (Å²) in [7, 11) is 2.03. The lowest BCUT2D eigenvalue weighted by Gasteiger charge is -2.20. The zero-order valence-electron chi connectivity index (χ0n) is 8.97. The van der Waals surface area contributed by atoms with Crippen molar-refractivity contribution in [3.8, 4) is 0 Å². The first-order chi connectivity index (χ1) is 6.79. The van der Waals surface area contributed by atoms with Crippen LogP contribution in [0.2, 0.25) is 0 Å². The number of aryl methyl sites for hydroxylation is 2. The maximum atomic E-state index is 4.57. The van der Waals surface area contributed by atoms with Gasteiger partial charge in [0.2, 0.25) is 0 Å². The second kappa shape index (κ2) is 4.41. The molecule has 0 saturated carbocycles. The van der Waals surface area contributed by atoms with Crippen LogP contribution in [0.15, 0.2) is 0 Å². The van der Waals surface area contributed by atoms with Crippen molar-refractivity contribution in [2.45, 2.75) is 32.6 Å². The lowest BCUT2D eigenvalue weighted by molar-refractivity contribution is 0.422. The third-order valence-corrected chi connectivity index (χ3v) is 3.99. The van der Waals surface area contributed by atoms with Crippen LogP contribution in [0.3, 0.4) is 0 Å². The van der Waals surface area contributed by atoms with Crippen LogP contribution < -0.4 is 5.32 Å². The predicted octanol–water partition coefficient (Wildman–Crippen LogP) is 2.17. The molecule has 0 aromatic carbocycles. The fourth-order valence-electron chi connectivity index (χ4n) is 2.17. The van der Waals surface area contributed by atoms with Crippen molar-refractivity contribution < 1.29 is 0 Å². The van der Waals surface area contributed by atoms with E-state index in [2.05, 4.69) is 17.2 Å². The van der Waals surface area contributed by atoms with E-state index < -0.39 is 0 Å². The topological polar surface area (TPSA) is 24.9 Å². The van der Waals surface area contributed by atoms with Crippen LogP contribution in [0.5, 0.6) is 0 Å². The summed E-state index contributed by atoms with van der Waals surface area (Å²) in [6.45, 7) is 3.27. The molecule has 3 heteroatoms. The second-order valence-electron chi connectivity index (χ2n) is 4.10. The zero-order chi connectivity index (χ0) is 9.97. The van der Waals surface area contributed by atoms with Gasteiger partial charge >= 0.3 is 0 Å². The Morgan fingerprint density at radius 2 is 2.43 bits per heavy atom. The quantitative estimate of drug-likeness (QED) is 0.827. The van der Waals surface area contributed by atoms with E-state index in [0.29, 0.717) is 0 Å². The largest absolute Gasteiger partial charge is 0.320 e. The SMILES string of the molecule is CNCCC1CCc2nc(C)sc2C1. The van der Waals surface area contributed by atoms with E-state index in [9.17, 15) is 0 Å². The Labute approximate surface area is 89.8 Å². The highest BCUT2D eigenvalue weighted by Crippen LogP contribution is 2.30. The smallest absolute Gasteiger partial charge is 0.0900 e. The van der Waals surface area contributed by atoms with Crippen LogP contribution in [0.4, 0.5) is 0 Å². The first-order valence-electron chi connectivity index (χ1n) is 5.39. The molecule has 1 heterocycles. The molecule has 14 heavy (non-hydrogen) atoms. The van der Waals surface area contributed by atoms with E-state index in [1.54, 1.807) is 4.88 Å². The van der Waals surface area contributed by atoms with E-state index in [4.69, 9.17) is 0 Å². The first-order valence-corrected chi connectivity index (χ1v) is 6.21. The van der Waals surface area contributed by atoms with Crippen LogP contribution in [-0.2, 0) is 12.8 Å². The maximum absolute atomic E-state index is 4.57. The van der Waals surface area contributed by atoms with E-state index in [0.717, 1.165) is 12.5 Å². The normalized spacial score (nSPS) is 20.9. The highest BCUT2D eigenvalue weighted by Gasteiger charge is 2.21. The van der Waals surface area contributed by atoms with Crippen LogP contribution in [0.25, 0.3) is 0 Å². The maximum Gasteiger partial charge on any atom is 0.0900 e. The monoisotopic (exact) mass is 210 g/mol. The number of nitrogens with one attached hydrogen (secondary N) is 1. The molecule has 78 valence electrons. The molecule has 0 amide bonds. The molecule has 0 aliphatic heterocycles. The Balaban J connectivity index is 1.98. The number of thiazole rings is 1. The third kappa shape index (κ3) is 2.15. The van der Waals surface area contributed by atoms with Gasteiger partial charge in [-0.1, -0.05) is 0 Å². The fourth-order valence-corrected chi connectivity index (χ4v) is 3.26. The molecule has 0 bridgehead atoms. The Hall–Kier alpha value is -0.410. The lowest BCUT2D eigenvalue weighted by atomic mass is 9.89. The number of hydrogen-bond acceptors (Lipinski definition) is 3. The van der Waals surface area contributed by atoms with Gasteiger partial charge < -0.3 is 5.32 Å². The van der Waals surface area contributed by atoms with Crippen molar-refractivity contribution in [2.75, 3.05) is 13.6 Å². The van der Waals surface area contributed by atoms with Crippen LogP contribution >= 0.6 is 11.3 Å². The van der Waals surface area contributed by atoms with Crippen LogP contribution in [0.1, 0.15) is 28.4 Å². The summed E-state index contributed by atoms with van der Waals surface area (Å²) in [6.07, 6.45) is 5.11. The number of fused-ring (bicyclic) bond motifs is 1. The summed E-state index contributed by atoms with van der Waals surface area (Å²) >= 11 is 1.90. The van der Waals surface area contributed by atoms with E-state index >= 15 is 0 Å². The summed E-state index contributed by atoms with van der Waals surface area (Å²) in [5.41, 5.74) is 1.38. The molecule has 0 saturated heterocycles. The summed E-state index contributed by atoms with van der Waals surface area (Å²) in [4.78, 5) is 6.12. The van der Waals surface area contributed by atoms with Gasteiger partial charge in [-0.15, -0.1) is 11.3 Å². The van der Waals surface area contributed by atoms with Crippen molar-refractivity contribution in [1.82, 2.24) is 10.3 Å². The average Bonchev–Trinajstić information content (AvgIpc) is 2.54. The molecule has 0 fully saturated rings. The molecule has 0 spiro atoms. The molecule has 1 atom stereocenters. The van der Waals surface area contributed by atoms with Crippen molar-refractivity contribution in [3.05, 3.63) is 15.6 Å². The Morgan fingerprint density at radius 1 is 1.57 bits per heavy atom. The molecule has 1 aromatic rings. The van der Waals surface area contributed by atoms with Gasteiger partial charge in [-0.05, 0) is 52.1 Å². The molecule has 2 rings (SSSR count). The van der Waals surface area contributed by atoms with Gasteiger partial charge in [-0.2, -0.15) is 0 Å². The Morgan fingerprint density at radius 3 is 3.21 bits per heavy atom. The summed E-state index contributed by atoms with van der Waals surface area (Å²) < 4.78 is 0. The summed E-state index contributed by atoms with van der Waals surface area (Å²) in [5.74, 6) is 0.884. The van der Waals surface area contributed by atoms with Gasteiger partial charge in [0.15, 0.2) is 0 Å². The van der Waals surface area contributed by atoms with E-state index in [1.807, 2.05) is 18.4 Å². The van der Waals surface area contributed by atoms with Crippen molar-refractivity contribution in [1.29, 1.82) is 0 Å². The molecule has 1 aromatic heterocycles. The number of rotatable bonds is 3.